The summed E-state index contributed by atoms with van der Waals surface area (Å²) in [4.78, 5) is 22.6. The monoisotopic (exact) mass is 632 g/mol. The van der Waals surface area contributed by atoms with Crippen LogP contribution in [0.5, 0.6) is 0 Å². The van der Waals surface area contributed by atoms with Gasteiger partial charge in [-0.1, -0.05) is 77.4 Å². The normalized spacial score (nSPS) is 13.1. The molecule has 0 spiro atoms. The smallest absolute Gasteiger partial charge is 0.262 e. The number of halogens is 2. The molecule has 3 aromatic carbocycles. The number of aromatic nitrogens is 2. The van der Waals surface area contributed by atoms with Crippen molar-refractivity contribution in [1.29, 1.82) is 0 Å². The largest absolute Gasteiger partial charge is 0.360 e. The van der Waals surface area contributed by atoms with Crippen LogP contribution in [0.2, 0.25) is 5.02 Å². The summed E-state index contributed by atoms with van der Waals surface area (Å²) >= 11 is 9.76. The van der Waals surface area contributed by atoms with Gasteiger partial charge in [0.05, 0.1) is 15.2 Å². The fourth-order valence-corrected chi connectivity index (χ4v) is 7.99. The molecular weight excluding hydrogens is 607 g/mol. The molecule has 1 amide bonds. The summed E-state index contributed by atoms with van der Waals surface area (Å²) < 4.78 is 6.61. The number of hydrogen-bond donors (Lipinski definition) is 1. The molecule has 4 heterocycles. The number of aryl methyl sites for hydroxylation is 1. The molecule has 42 heavy (non-hydrogen) atoms. The van der Waals surface area contributed by atoms with Crippen molar-refractivity contribution in [3.8, 4) is 21.8 Å². The van der Waals surface area contributed by atoms with Gasteiger partial charge in [0.25, 0.3) is 5.91 Å². The van der Waals surface area contributed by atoms with Crippen LogP contribution in [0.3, 0.4) is 0 Å². The number of rotatable bonds is 6. The lowest BCUT2D eigenvalue weighted by molar-refractivity contribution is 0.102. The number of thiophene rings is 1. The molecule has 0 atom stereocenters. The highest BCUT2D eigenvalue weighted by Gasteiger charge is 2.30. The Morgan fingerprint density at radius 3 is 2.60 bits per heavy atom. The summed E-state index contributed by atoms with van der Waals surface area (Å²) in [6.07, 6.45) is 0.886. The van der Waals surface area contributed by atoms with Crippen molar-refractivity contribution < 1.29 is 9.32 Å². The number of thiazole rings is 1. The Bertz CT molecular complexity index is 1860. The molecule has 212 valence electrons. The van der Waals surface area contributed by atoms with Gasteiger partial charge in [-0.3, -0.25) is 9.69 Å². The molecule has 0 saturated heterocycles. The van der Waals surface area contributed by atoms with E-state index in [-0.39, 0.29) is 18.3 Å². The average Bonchev–Trinajstić information content (AvgIpc) is 3.67. The second-order valence-corrected chi connectivity index (χ2v) is 12.6. The molecule has 0 bridgehead atoms. The number of para-hydroxylation sites is 1. The Morgan fingerprint density at radius 2 is 1.79 bits per heavy atom. The lowest BCUT2D eigenvalue weighted by Crippen LogP contribution is -2.29. The van der Waals surface area contributed by atoms with Crippen molar-refractivity contribution in [2.75, 3.05) is 11.9 Å². The van der Waals surface area contributed by atoms with E-state index in [2.05, 4.69) is 45.7 Å². The molecule has 6 aromatic rings. The Hall–Kier alpha value is -3.53. The van der Waals surface area contributed by atoms with Crippen LogP contribution in [-0.2, 0) is 19.5 Å². The summed E-state index contributed by atoms with van der Waals surface area (Å²) in [6.45, 7) is 4.39. The van der Waals surface area contributed by atoms with Gasteiger partial charge in [0.15, 0.2) is 0 Å². The number of nitrogens with zero attached hydrogens (tertiary/aromatic N) is 3. The zero-order valence-electron chi connectivity index (χ0n) is 22.6. The second kappa shape index (κ2) is 12.0. The third-order valence-electron chi connectivity index (χ3n) is 7.34. The van der Waals surface area contributed by atoms with E-state index in [0.717, 1.165) is 51.8 Å². The number of fused-ring (bicyclic) bond motifs is 2. The van der Waals surface area contributed by atoms with Crippen LogP contribution in [0.1, 0.15) is 32.1 Å². The molecule has 0 radical (unpaired) electrons. The van der Waals surface area contributed by atoms with Crippen molar-refractivity contribution in [3.05, 3.63) is 111 Å². The van der Waals surface area contributed by atoms with Crippen molar-refractivity contribution in [2.24, 2.45) is 0 Å². The molecule has 6 nitrogen and oxygen atoms in total. The Balaban J connectivity index is 0.00000316. The highest BCUT2D eigenvalue weighted by Crippen LogP contribution is 2.46. The standard InChI is InChI=1S/C32H25ClN4O2S2.ClH/c1-19-27(29(36-39-19)21-11-5-6-12-23(21)33)30(38)35-32-28(31-34-24-13-7-8-14-25(24)40-31)22-15-16-37(18-26(22)41-32)17-20-9-3-2-4-10-20;/h2-14H,15-18H2,1H3,(H,35,38);1H. The maximum atomic E-state index is 13.9. The van der Waals surface area contributed by atoms with E-state index in [9.17, 15) is 4.79 Å². The summed E-state index contributed by atoms with van der Waals surface area (Å²) in [7, 11) is 0. The van der Waals surface area contributed by atoms with Crippen molar-refractivity contribution >= 4 is 67.8 Å². The van der Waals surface area contributed by atoms with Crippen molar-refractivity contribution in [2.45, 2.75) is 26.4 Å². The fraction of sp³-hybridized carbons (Fsp3) is 0.156. The van der Waals surface area contributed by atoms with Gasteiger partial charge >= 0.3 is 0 Å². The number of nitrogens with one attached hydrogen (secondary N) is 1. The number of carbonyl (C=O) groups excluding carboxylic acids is 1. The Morgan fingerprint density at radius 1 is 1.02 bits per heavy atom. The quantitative estimate of drug-likeness (QED) is 0.198. The van der Waals surface area contributed by atoms with Gasteiger partial charge in [-0.05, 0) is 42.7 Å². The minimum absolute atomic E-state index is 0. The van der Waals surface area contributed by atoms with E-state index < -0.39 is 0 Å². The van der Waals surface area contributed by atoms with Gasteiger partial charge in [-0.2, -0.15) is 0 Å². The molecule has 1 N–H and O–H groups in total. The minimum atomic E-state index is -0.277. The average molecular weight is 634 g/mol. The van der Waals surface area contributed by atoms with Gasteiger partial charge in [0.2, 0.25) is 0 Å². The summed E-state index contributed by atoms with van der Waals surface area (Å²) in [5.41, 5.74) is 6.01. The Kier molecular flexibility index (Phi) is 8.16. The highest BCUT2D eigenvalue weighted by molar-refractivity contribution is 7.23. The number of benzene rings is 3. The van der Waals surface area contributed by atoms with Gasteiger partial charge in [-0.15, -0.1) is 35.1 Å². The molecule has 7 rings (SSSR count). The maximum absolute atomic E-state index is 13.9. The lowest BCUT2D eigenvalue weighted by Gasteiger charge is -2.27. The molecule has 0 fully saturated rings. The summed E-state index contributed by atoms with van der Waals surface area (Å²) in [6, 6.07) is 26.0. The first-order chi connectivity index (χ1) is 20.0. The van der Waals surface area contributed by atoms with E-state index in [1.165, 1.54) is 16.0 Å². The number of carbonyl (C=O) groups is 1. The van der Waals surface area contributed by atoms with Crippen LogP contribution in [0, 0.1) is 6.92 Å². The molecule has 3 aromatic heterocycles. The topological polar surface area (TPSA) is 71.3 Å². The number of hydrogen-bond acceptors (Lipinski definition) is 7. The fourth-order valence-electron chi connectivity index (χ4n) is 5.37. The van der Waals surface area contributed by atoms with Crippen molar-refractivity contribution in [1.82, 2.24) is 15.0 Å². The summed E-state index contributed by atoms with van der Waals surface area (Å²) in [5.74, 6) is 0.162. The van der Waals surface area contributed by atoms with Crippen LogP contribution >= 0.6 is 46.7 Å². The minimum Gasteiger partial charge on any atom is -0.360 e. The maximum Gasteiger partial charge on any atom is 0.262 e. The molecule has 1 aliphatic rings. The lowest BCUT2D eigenvalue weighted by atomic mass is 10.0. The van der Waals surface area contributed by atoms with E-state index in [1.54, 1.807) is 35.7 Å². The van der Waals surface area contributed by atoms with Gasteiger partial charge < -0.3 is 9.84 Å². The Labute approximate surface area is 262 Å². The van der Waals surface area contributed by atoms with E-state index in [1.807, 2.05) is 42.5 Å². The molecule has 0 unspecified atom stereocenters. The van der Waals surface area contributed by atoms with Gasteiger partial charge in [0, 0.05) is 35.6 Å². The van der Waals surface area contributed by atoms with Crippen LogP contribution in [0.4, 0.5) is 5.00 Å². The molecule has 0 aliphatic carbocycles. The van der Waals surface area contributed by atoms with Crippen LogP contribution in [0.15, 0.2) is 83.4 Å². The second-order valence-electron chi connectivity index (χ2n) is 10.0. The van der Waals surface area contributed by atoms with E-state index in [0.29, 0.717) is 27.6 Å². The summed E-state index contributed by atoms with van der Waals surface area (Å²) in [5, 5.41) is 9.66. The third-order valence-corrected chi connectivity index (χ3v) is 9.85. The zero-order chi connectivity index (χ0) is 27.9. The number of anilines is 1. The van der Waals surface area contributed by atoms with E-state index in [4.69, 9.17) is 21.1 Å². The first kappa shape index (κ1) is 28.6. The predicted molar refractivity (Wildman–Crippen MR) is 174 cm³/mol. The molecular formula is C32H26Cl2N4O2S2. The molecule has 1 aliphatic heterocycles. The van der Waals surface area contributed by atoms with Gasteiger partial charge in [-0.25, -0.2) is 4.98 Å². The predicted octanol–water partition coefficient (Wildman–Crippen LogP) is 8.87. The number of amides is 1. The molecule has 10 heteroatoms. The van der Waals surface area contributed by atoms with Gasteiger partial charge in [0.1, 0.15) is 27.0 Å². The highest BCUT2D eigenvalue weighted by atomic mass is 35.5. The van der Waals surface area contributed by atoms with Crippen LogP contribution < -0.4 is 5.32 Å². The SMILES string of the molecule is Cc1onc(-c2ccccc2Cl)c1C(=O)Nc1sc2c(c1-c1nc3ccccc3s1)CCN(Cc1ccccc1)C2.Cl. The van der Waals surface area contributed by atoms with E-state index >= 15 is 0 Å². The third kappa shape index (κ3) is 5.37. The van der Waals surface area contributed by atoms with Crippen LogP contribution in [-0.4, -0.2) is 27.5 Å². The first-order valence-electron chi connectivity index (χ1n) is 13.3. The zero-order valence-corrected chi connectivity index (χ0v) is 25.8. The van der Waals surface area contributed by atoms with Crippen molar-refractivity contribution in [3.63, 3.8) is 0 Å². The molecule has 0 saturated carbocycles. The first-order valence-corrected chi connectivity index (χ1v) is 15.4. The van der Waals surface area contributed by atoms with Crippen LogP contribution in [0.25, 0.3) is 32.0 Å².